The number of hydrogen-bond acceptors (Lipinski definition) is 14. The van der Waals surface area contributed by atoms with Crippen LogP contribution in [0.15, 0.2) is 81.3 Å². The van der Waals surface area contributed by atoms with Crippen LogP contribution in [0, 0.1) is 27.7 Å². The molecular weight excluding hydrogens is 898 g/mol. The number of carbonyl (C=O) groups excluding carboxylic acids is 3. The number of nitrogens with zero attached hydrogens (tertiary/aromatic N) is 9. The van der Waals surface area contributed by atoms with Gasteiger partial charge in [0.15, 0.2) is 5.82 Å². The second-order valence-electron chi connectivity index (χ2n) is 16.0. The Labute approximate surface area is 391 Å². The summed E-state index contributed by atoms with van der Waals surface area (Å²) in [6.45, 7) is 9.01. The van der Waals surface area contributed by atoms with Crippen LogP contribution in [0.4, 0.5) is 0 Å². The molecule has 1 aliphatic rings. The molecule has 2 aromatic carbocycles. The van der Waals surface area contributed by atoms with Crippen molar-refractivity contribution >= 4 is 68.4 Å². The number of carbonyl (C=O) groups is 3. The molecule has 7 heterocycles. The number of pyridine rings is 2. The van der Waals surface area contributed by atoms with Crippen LogP contribution >= 0.6 is 22.9 Å². The lowest BCUT2D eigenvalue weighted by Gasteiger charge is -2.15. The summed E-state index contributed by atoms with van der Waals surface area (Å²) in [6.07, 6.45) is 3.19. The number of thiophene rings is 1. The number of fused-ring (bicyclic) bond motifs is 6. The number of halogens is 1. The van der Waals surface area contributed by atoms with Crippen molar-refractivity contribution in [2.75, 3.05) is 27.3 Å². The van der Waals surface area contributed by atoms with Crippen LogP contribution in [-0.2, 0) is 20.9 Å². The Morgan fingerprint density at radius 2 is 1.75 bits per heavy atom. The number of benzene rings is 2. The molecule has 9 rings (SSSR count). The minimum atomic E-state index is -0.719. The first-order valence-corrected chi connectivity index (χ1v) is 22.5. The van der Waals surface area contributed by atoms with Crippen LogP contribution in [-0.4, -0.2) is 89.8 Å². The maximum atomic E-state index is 14.5. The minimum absolute atomic E-state index is 0.0662. The van der Waals surface area contributed by atoms with Crippen LogP contribution in [0.25, 0.3) is 38.1 Å². The van der Waals surface area contributed by atoms with Crippen molar-refractivity contribution in [2.45, 2.75) is 59.7 Å². The molecule has 18 nitrogen and oxygen atoms in total. The van der Waals surface area contributed by atoms with Gasteiger partial charge in [-0.1, -0.05) is 35.0 Å². The van der Waals surface area contributed by atoms with Crippen molar-refractivity contribution in [3.05, 3.63) is 133 Å². The summed E-state index contributed by atoms with van der Waals surface area (Å²) in [5, 5.41) is 20.5. The maximum Gasteiger partial charge on any atom is 0.330 e. The van der Waals surface area contributed by atoms with E-state index < -0.39 is 29.6 Å². The van der Waals surface area contributed by atoms with Crippen molar-refractivity contribution in [1.82, 2.24) is 49.7 Å². The van der Waals surface area contributed by atoms with Crippen molar-refractivity contribution < 1.29 is 28.4 Å². The Morgan fingerprint density at radius 1 is 0.970 bits per heavy atom. The van der Waals surface area contributed by atoms with E-state index in [4.69, 9.17) is 35.6 Å². The monoisotopic (exact) mass is 941 g/mol. The molecule has 0 radical (unpaired) electrons. The molecule has 0 bridgehead atoms. The molecule has 1 unspecified atom stereocenters. The minimum Gasteiger partial charge on any atom is -0.496 e. The number of imidazole rings is 1. The number of nitrogens with one attached hydrogen (secondary N) is 2. The van der Waals surface area contributed by atoms with Gasteiger partial charge in [0.25, 0.3) is 5.91 Å². The van der Waals surface area contributed by atoms with Gasteiger partial charge < -0.3 is 24.6 Å². The Bertz CT molecular complexity index is 3330. The average Bonchev–Trinajstić information content (AvgIpc) is 4.04. The predicted molar refractivity (Wildman–Crippen MR) is 252 cm³/mol. The van der Waals surface area contributed by atoms with Crippen molar-refractivity contribution in [1.29, 1.82) is 0 Å². The highest BCUT2D eigenvalue weighted by Gasteiger charge is 2.34. The molecule has 20 heteroatoms. The third-order valence-corrected chi connectivity index (χ3v) is 13.4. The Morgan fingerprint density at radius 3 is 2.45 bits per heavy atom. The normalized spacial score (nSPS) is 13.7. The summed E-state index contributed by atoms with van der Waals surface area (Å²) in [5.41, 5.74) is 6.65. The van der Waals surface area contributed by atoms with E-state index in [2.05, 4.69) is 31.0 Å². The molecule has 0 fully saturated rings. The second kappa shape index (κ2) is 18.0. The lowest BCUT2D eigenvalue weighted by molar-refractivity contribution is -0.141. The van der Waals surface area contributed by atoms with Crippen LogP contribution in [0.2, 0.25) is 5.02 Å². The summed E-state index contributed by atoms with van der Waals surface area (Å²) < 4.78 is 21.2. The molecule has 8 aromatic rings. The average molecular weight is 942 g/mol. The van der Waals surface area contributed by atoms with E-state index in [0.717, 1.165) is 16.7 Å². The van der Waals surface area contributed by atoms with E-state index in [0.29, 0.717) is 88.2 Å². The Kier molecular flexibility index (Phi) is 12.0. The summed E-state index contributed by atoms with van der Waals surface area (Å²) in [7, 11) is 2.89. The number of aliphatic imine (C=N–C) groups is 1. The maximum absolute atomic E-state index is 14.5. The standard InChI is InChI=1S/C47H44ClN11O7S/c1-23-39-41(28-11-13-29(48)14-12-28)53-34(20-38(61)65-7)44-55-54-27(5)59(44)46(39)67-43(23)45(62)51-17-16-50-37(60)22-57-35-21-52-33-18-31(40-24(2)56-66-26(40)4)36(64-6)19-30(33)42(35)58(47(57)63)25(3)32-10-8-9-15-49-32/h8-15,18-19,21,25,34H,16-17,20,22H2,1-7H3,(H,50,60)(H,51,62)/t25?,34-/m0/s1. The second-order valence-corrected chi connectivity index (χ2v) is 17.4. The van der Waals surface area contributed by atoms with Crippen LogP contribution < -0.4 is 21.1 Å². The highest BCUT2D eigenvalue weighted by Crippen LogP contribution is 2.41. The summed E-state index contributed by atoms with van der Waals surface area (Å²) in [5.74, 6) is 0.852. The molecule has 0 spiro atoms. The number of methoxy groups -OCH3 is 2. The topological polar surface area (TPSA) is 216 Å². The van der Waals surface area contributed by atoms with Gasteiger partial charge in [0.05, 0.1) is 77.0 Å². The van der Waals surface area contributed by atoms with E-state index >= 15 is 0 Å². The SMILES string of the molecule is COC(=O)C[C@@H]1N=C(c2ccc(Cl)cc2)c2c(sc(C(=O)NCCNC(=O)Cn3c(=O)n(C(C)c4ccccn4)c4c5cc(OC)c(-c6c(C)noc6C)cc5ncc43)c2C)-n2c(C)nnc21. The summed E-state index contributed by atoms with van der Waals surface area (Å²) >= 11 is 7.51. The molecule has 6 aromatic heterocycles. The molecule has 1 aliphatic heterocycles. The molecule has 2 amide bonds. The number of rotatable bonds is 13. The number of aryl methyl sites for hydroxylation is 3. The van der Waals surface area contributed by atoms with E-state index in [-0.39, 0.29) is 32.0 Å². The zero-order chi connectivity index (χ0) is 47.3. The first-order valence-electron chi connectivity index (χ1n) is 21.3. The van der Waals surface area contributed by atoms with Gasteiger partial charge in [-0.2, -0.15) is 0 Å². The zero-order valence-electron chi connectivity index (χ0n) is 37.5. The van der Waals surface area contributed by atoms with E-state index in [1.807, 2.05) is 68.7 Å². The van der Waals surface area contributed by atoms with Gasteiger partial charge in [0, 0.05) is 46.4 Å². The molecule has 0 aliphatic carbocycles. The number of ether oxygens (including phenoxy) is 2. The fourth-order valence-electron chi connectivity index (χ4n) is 8.61. The lowest BCUT2D eigenvalue weighted by atomic mass is 9.99. The first-order chi connectivity index (χ1) is 32.3. The van der Waals surface area contributed by atoms with Gasteiger partial charge in [-0.15, -0.1) is 21.5 Å². The van der Waals surface area contributed by atoms with Crippen molar-refractivity contribution in [3.63, 3.8) is 0 Å². The molecule has 0 saturated carbocycles. The highest BCUT2D eigenvalue weighted by molar-refractivity contribution is 7.17. The Balaban J connectivity index is 0.982. The molecule has 2 N–H and O–H groups in total. The zero-order valence-corrected chi connectivity index (χ0v) is 39.1. The van der Waals surface area contributed by atoms with Crippen LogP contribution in [0.3, 0.4) is 0 Å². The Hall–Kier alpha value is -7.51. The van der Waals surface area contributed by atoms with Crippen molar-refractivity contribution in [3.8, 4) is 21.9 Å². The molecular formula is C47H44ClN11O7S. The fraction of sp³-hybridized carbons (Fsp3) is 0.277. The number of hydrogen-bond donors (Lipinski definition) is 2. The summed E-state index contributed by atoms with van der Waals surface area (Å²) in [6, 6.07) is 15.1. The lowest BCUT2D eigenvalue weighted by Crippen LogP contribution is -2.38. The van der Waals surface area contributed by atoms with Crippen LogP contribution in [0.5, 0.6) is 5.75 Å². The molecule has 0 saturated heterocycles. The number of amides is 2. The smallest absolute Gasteiger partial charge is 0.330 e. The van der Waals surface area contributed by atoms with E-state index in [1.165, 1.54) is 23.0 Å². The fourth-order valence-corrected chi connectivity index (χ4v) is 10.0. The third-order valence-electron chi connectivity index (χ3n) is 11.9. The third kappa shape index (κ3) is 8.03. The van der Waals surface area contributed by atoms with Crippen molar-refractivity contribution in [2.24, 2.45) is 4.99 Å². The quantitative estimate of drug-likeness (QED) is 0.0930. The van der Waals surface area contributed by atoms with Crippen LogP contribution in [0.1, 0.15) is 80.6 Å². The van der Waals surface area contributed by atoms with Gasteiger partial charge >= 0.3 is 11.7 Å². The van der Waals surface area contributed by atoms with Gasteiger partial charge in [-0.05, 0) is 76.6 Å². The van der Waals surface area contributed by atoms with Gasteiger partial charge in [-0.3, -0.25) is 43.0 Å². The van der Waals surface area contributed by atoms with Gasteiger partial charge in [0.2, 0.25) is 5.91 Å². The van der Waals surface area contributed by atoms with Gasteiger partial charge in [0.1, 0.15) is 34.9 Å². The first kappa shape index (κ1) is 44.7. The molecule has 2 atom stereocenters. The van der Waals surface area contributed by atoms with E-state index in [1.54, 1.807) is 49.2 Å². The molecule has 67 heavy (non-hydrogen) atoms. The largest absolute Gasteiger partial charge is 0.496 e. The number of aromatic nitrogens is 8. The highest BCUT2D eigenvalue weighted by atomic mass is 35.5. The van der Waals surface area contributed by atoms with E-state index in [9.17, 15) is 19.2 Å². The number of esters is 1. The predicted octanol–water partition coefficient (Wildman–Crippen LogP) is 6.55. The van der Waals surface area contributed by atoms with Gasteiger partial charge in [-0.25, -0.2) is 4.79 Å². The molecule has 342 valence electrons. The summed E-state index contributed by atoms with van der Waals surface area (Å²) in [4.78, 5) is 69.5.